The van der Waals surface area contributed by atoms with Crippen LogP contribution in [-0.2, 0) is 7.53 Å². The summed E-state index contributed by atoms with van der Waals surface area (Å²) in [6, 6.07) is 17.9. The van der Waals surface area contributed by atoms with Crippen molar-refractivity contribution >= 4 is 54.2 Å². The lowest BCUT2D eigenvalue weighted by atomic mass is 10.0. The smallest absolute Gasteiger partial charge is 0.180 e. The molecule has 0 fully saturated rings. The number of hydrogen-bond donors (Lipinski definition) is 1. The summed E-state index contributed by atoms with van der Waals surface area (Å²) in [6.45, 7) is 1.88. The number of hydrogen-bond acceptors (Lipinski definition) is 4. The minimum absolute atomic E-state index is 0.104. The van der Waals surface area contributed by atoms with Crippen LogP contribution in [-0.4, -0.2) is 12.2 Å². The molecule has 0 radical (unpaired) electrons. The number of ketones is 1. The van der Waals surface area contributed by atoms with Gasteiger partial charge in [0.25, 0.3) is 0 Å². The summed E-state index contributed by atoms with van der Waals surface area (Å²) in [4.78, 5) is 13.9. The minimum Gasteiger partial charge on any atom is -0.507 e. The van der Waals surface area contributed by atoms with E-state index in [-0.39, 0.29) is 17.3 Å². The summed E-state index contributed by atoms with van der Waals surface area (Å²) in [5, 5.41) is 9.65. The van der Waals surface area contributed by atoms with Crippen LogP contribution in [0.25, 0.3) is 0 Å². The van der Waals surface area contributed by atoms with Crippen molar-refractivity contribution in [1.82, 2.24) is 0 Å². The molecule has 3 aromatic rings. The van der Waals surface area contributed by atoms with Gasteiger partial charge in [-0.1, -0.05) is 18.2 Å². The number of rotatable bonds is 7. The Kier molecular flexibility index (Phi) is 7.24. The average molecular weight is 560 g/mol. The summed E-state index contributed by atoms with van der Waals surface area (Å²) in [6.07, 6.45) is 0. The van der Waals surface area contributed by atoms with Crippen LogP contribution in [0.15, 0.2) is 71.6 Å². The van der Waals surface area contributed by atoms with Gasteiger partial charge in [-0.05, 0) is 74.5 Å². The quantitative estimate of drug-likeness (QED) is 0.148. The highest BCUT2D eigenvalue weighted by Gasteiger charge is 2.25. The van der Waals surface area contributed by atoms with Crippen LogP contribution in [0.4, 0.5) is 4.39 Å². The Bertz CT molecular complexity index is 1080. The third-order valence-corrected chi connectivity index (χ3v) is 6.49. The summed E-state index contributed by atoms with van der Waals surface area (Å²) in [5.74, 6) is 0.154. The van der Waals surface area contributed by atoms with Gasteiger partial charge >= 0.3 is 0 Å². The van der Waals surface area contributed by atoms with Crippen LogP contribution in [0.2, 0.25) is 0 Å². The van der Waals surface area contributed by atoms with E-state index >= 15 is 0 Å². The topological polar surface area (TPSA) is 46.5 Å². The maximum atomic E-state index is 13.4. The van der Waals surface area contributed by atoms with Crippen molar-refractivity contribution in [2.45, 2.75) is 17.1 Å². The normalized spacial score (nSPS) is 13.6. The van der Waals surface area contributed by atoms with Crippen LogP contribution in [0.1, 0.15) is 26.7 Å². The first-order valence-corrected chi connectivity index (χ1v) is 14.1. The molecule has 1 N–H and O–H groups in total. The second kappa shape index (κ2) is 10.1. The molecular formula is C21H17FIO3PS2. The molecule has 0 aliphatic rings. The number of carbonyl (C=O) groups excluding carboxylic acids is 1. The first-order valence-electron chi connectivity index (χ1n) is 8.92. The molecule has 0 heterocycles. The molecule has 2 atom stereocenters. The lowest BCUT2D eigenvalue weighted by Gasteiger charge is -2.17. The Morgan fingerprint density at radius 1 is 1.21 bits per heavy atom. The Balaban J connectivity index is 1.92. The van der Waals surface area contributed by atoms with Gasteiger partial charge in [-0.25, -0.2) is 4.39 Å². The fourth-order valence-electron chi connectivity index (χ4n) is 2.67. The molecule has 0 aromatic heterocycles. The molecule has 2 unspecified atom stereocenters. The molecular weight excluding hydrogens is 541 g/mol. The van der Waals surface area contributed by atoms with E-state index < -0.39 is 12.8 Å². The zero-order valence-corrected chi connectivity index (χ0v) is 19.9. The van der Waals surface area contributed by atoms with Crippen LogP contribution in [0.5, 0.6) is 11.5 Å². The zero-order valence-electron chi connectivity index (χ0n) is 16.2. The van der Waals surface area contributed by atoms with Crippen LogP contribution in [0.3, 0.4) is 0 Å². The molecule has 0 saturated carbocycles. The van der Waals surface area contributed by atoms with E-state index in [0.717, 1.165) is 5.56 Å². The van der Waals surface area contributed by atoms with Gasteiger partial charge < -0.3 is 9.29 Å². The number of Topliss-reactive ketones (excluding diaryl/α,β-unsaturated/α-hetero) is 1. The molecule has 150 valence electrons. The molecule has 0 saturated heterocycles. The predicted molar refractivity (Wildman–Crippen MR) is 129 cm³/mol. The average Bonchev–Trinajstić information content (AvgIpc) is 2.74. The summed E-state index contributed by atoms with van der Waals surface area (Å²) in [7, 11) is -0.171. The van der Waals surface area contributed by atoms with Crippen molar-refractivity contribution in [3.63, 3.8) is 0 Å². The third-order valence-electron chi connectivity index (χ3n) is 4.07. The van der Waals surface area contributed by atoms with E-state index in [1.165, 1.54) is 23.9 Å². The molecule has 3 aromatic carbocycles. The maximum Gasteiger partial charge on any atom is 0.180 e. The summed E-state index contributed by atoms with van der Waals surface area (Å²) in [5.41, 5.74) is 2.04. The van der Waals surface area contributed by atoms with E-state index in [9.17, 15) is 14.3 Å². The predicted octanol–water partition coefficient (Wildman–Crippen LogP) is 6.88. The lowest BCUT2D eigenvalue weighted by Crippen LogP contribution is -2.10. The van der Waals surface area contributed by atoms with Gasteiger partial charge in [0, 0.05) is 26.8 Å². The number of halogens is 2. The molecule has 0 amide bonds. The van der Waals surface area contributed by atoms with E-state index in [4.69, 9.17) is 5.46 Å². The van der Waals surface area contributed by atoms with E-state index in [1.807, 2.05) is 13.0 Å². The Morgan fingerprint density at radius 2 is 1.90 bits per heavy atom. The molecule has 0 spiro atoms. The molecule has 29 heavy (non-hydrogen) atoms. The Morgan fingerprint density at radius 3 is 2.52 bits per heavy atom. The zero-order chi connectivity index (χ0) is 21.7. The minimum atomic E-state index is -0.656. The van der Waals surface area contributed by atoms with Gasteiger partial charge in [0.1, 0.15) is 18.6 Å². The summed E-state index contributed by atoms with van der Waals surface area (Å²) < 4.78 is 26.4. The molecule has 0 bridgehead atoms. The Hall–Kier alpha value is -1.41. The molecule has 3 nitrogen and oxygen atoms in total. The number of phenols is 1. The largest absolute Gasteiger partial charge is 0.507 e. The van der Waals surface area contributed by atoms with Gasteiger partial charge in [0.05, 0.1) is 17.7 Å². The van der Waals surface area contributed by atoms with E-state index in [1.54, 1.807) is 48.5 Å². The summed E-state index contributed by atoms with van der Waals surface area (Å²) >= 11 is 3.28. The van der Waals surface area contributed by atoms with Gasteiger partial charge in [0.2, 0.25) is 0 Å². The fourth-order valence-corrected chi connectivity index (χ4v) is 4.94. The van der Waals surface area contributed by atoms with Gasteiger partial charge in [0.15, 0.2) is 5.78 Å². The number of phenolic OH excluding ortho intramolecular Hbond substituents is 1. The van der Waals surface area contributed by atoms with Crippen molar-refractivity contribution in [1.29, 1.82) is 1.28 Å². The molecule has 0 aliphatic heterocycles. The van der Waals surface area contributed by atoms with Crippen LogP contribution in [0, 0.1) is 12.7 Å². The SMILES string of the molecule is [3H]P=S(I)Oc1ccc(C(=O)C(Sc2ccc(C)cc2O)c2ccc(F)cc2)cc1. The number of aryl methyl sites for hydroxylation is 1. The van der Waals surface area contributed by atoms with Crippen molar-refractivity contribution in [2.75, 3.05) is 0 Å². The molecule has 0 aliphatic carbocycles. The first-order chi connectivity index (χ1) is 14.4. The van der Waals surface area contributed by atoms with Crippen molar-refractivity contribution in [3.05, 3.63) is 89.2 Å². The highest BCUT2D eigenvalue weighted by molar-refractivity contribution is 14.2. The van der Waals surface area contributed by atoms with Gasteiger partial charge in [-0.2, -0.15) is 0 Å². The van der Waals surface area contributed by atoms with Crippen molar-refractivity contribution in [2.24, 2.45) is 0 Å². The third kappa shape index (κ3) is 6.04. The number of aromatic hydroxyl groups is 1. The monoisotopic (exact) mass is 560 g/mol. The maximum absolute atomic E-state index is 13.4. The second-order valence-electron chi connectivity index (χ2n) is 6.20. The van der Waals surface area contributed by atoms with Crippen molar-refractivity contribution in [3.8, 4) is 11.5 Å². The highest BCUT2D eigenvalue weighted by atomic mass is 127. The fraction of sp³-hybridized carbons (Fsp3) is 0.0952. The molecule has 3 rings (SSSR count). The van der Waals surface area contributed by atoms with Crippen LogP contribution >= 0.6 is 40.9 Å². The van der Waals surface area contributed by atoms with Gasteiger partial charge in [-0.3, -0.25) is 4.79 Å². The highest BCUT2D eigenvalue weighted by Crippen LogP contribution is 2.42. The van der Waals surface area contributed by atoms with Crippen molar-refractivity contribution < 1.29 is 18.5 Å². The molecule has 8 heteroatoms. The van der Waals surface area contributed by atoms with Gasteiger partial charge in [-0.15, -0.1) is 11.8 Å². The number of carbonyl (C=O) groups is 1. The second-order valence-corrected chi connectivity index (χ2v) is 13.4. The van der Waals surface area contributed by atoms with E-state index in [2.05, 4.69) is 21.2 Å². The number of thioether (sulfide) groups is 1. The number of benzene rings is 3. The van der Waals surface area contributed by atoms with Crippen LogP contribution < -0.4 is 4.18 Å². The lowest BCUT2D eigenvalue weighted by molar-refractivity contribution is 0.0989. The Labute approximate surface area is 190 Å². The first kappa shape index (κ1) is 20.8. The van der Waals surface area contributed by atoms with E-state index in [0.29, 0.717) is 29.7 Å². The standard InChI is InChI=1S/C21H17FIO3PS2/c1-13-2-11-19(18(24)12-13)28-21(15-3-7-16(22)8-4-15)20(25)14-5-9-17(10-6-14)26-29(23)27/h2-12,21,24,27H,1H3/i27T.